The van der Waals surface area contributed by atoms with E-state index in [9.17, 15) is 24.0 Å². The van der Waals surface area contributed by atoms with Gasteiger partial charge in [-0.1, -0.05) is 46.3 Å². The third-order valence-corrected chi connectivity index (χ3v) is 15.3. The molecule has 0 aliphatic carbocycles. The molecule has 2 aromatic rings. The Morgan fingerprint density at radius 3 is 2.30 bits per heavy atom. The van der Waals surface area contributed by atoms with Gasteiger partial charge in [-0.05, 0) is 129 Å². The summed E-state index contributed by atoms with van der Waals surface area (Å²) in [5.41, 5.74) is 8.31. The first kappa shape index (κ1) is 56.8. The van der Waals surface area contributed by atoms with E-state index in [-0.39, 0.29) is 37.0 Å². The maximum atomic E-state index is 14.0. The Labute approximate surface area is 435 Å². The van der Waals surface area contributed by atoms with E-state index >= 15 is 0 Å². The molecule has 0 bridgehead atoms. The van der Waals surface area contributed by atoms with Gasteiger partial charge in [0.2, 0.25) is 11.8 Å². The molecular formula is C57H85N9O7. The molecule has 16 nitrogen and oxygen atoms in total. The lowest BCUT2D eigenvalue weighted by atomic mass is 9.84. The van der Waals surface area contributed by atoms with Crippen molar-refractivity contribution >= 4 is 58.0 Å². The van der Waals surface area contributed by atoms with Gasteiger partial charge in [-0.15, -0.1) is 0 Å². The number of allylic oxidation sites excluding steroid dienone is 2. The van der Waals surface area contributed by atoms with Crippen molar-refractivity contribution in [1.29, 1.82) is 0 Å². The van der Waals surface area contributed by atoms with Crippen LogP contribution in [0.2, 0.25) is 0 Å². The first-order chi connectivity index (χ1) is 34.7. The number of benzene rings is 1. The summed E-state index contributed by atoms with van der Waals surface area (Å²) in [4.78, 5) is 81.4. The van der Waals surface area contributed by atoms with Crippen LogP contribution in [-0.4, -0.2) is 156 Å². The number of hydrazine groups is 1. The van der Waals surface area contributed by atoms with Crippen molar-refractivity contribution in [2.24, 2.45) is 22.2 Å². The minimum atomic E-state index is -0.961. The Kier molecular flexibility index (Phi) is 19.2. The molecule has 0 radical (unpaired) electrons. The van der Waals surface area contributed by atoms with Crippen LogP contribution in [0.4, 0.5) is 5.69 Å². The van der Waals surface area contributed by atoms with Crippen LogP contribution in [0.5, 0.6) is 0 Å². The number of anilines is 1. The van der Waals surface area contributed by atoms with Gasteiger partial charge in [0.1, 0.15) is 18.1 Å². The van der Waals surface area contributed by atoms with Crippen molar-refractivity contribution in [3.05, 3.63) is 47.8 Å². The summed E-state index contributed by atoms with van der Waals surface area (Å²) in [7, 11) is 3.29. The fraction of sp³-hybridized carbons (Fsp3) is 0.649. The Balaban J connectivity index is 1.10. The molecule has 73 heavy (non-hydrogen) atoms. The largest absolute Gasteiger partial charge is 0.464 e. The first-order valence-corrected chi connectivity index (χ1v) is 26.8. The molecule has 1 unspecified atom stereocenters. The number of piperidine rings is 1. The number of methoxy groups -OCH3 is 1. The molecule has 4 aliphatic heterocycles. The highest BCUT2D eigenvalue weighted by Gasteiger charge is 2.40. The second-order valence-corrected chi connectivity index (χ2v) is 22.1. The number of aryl methyl sites for hydroxylation is 1. The lowest BCUT2D eigenvalue weighted by molar-refractivity contribution is -0.155. The molecule has 6 rings (SSSR count). The molecule has 16 heteroatoms. The number of likely N-dealkylation sites (N-methyl/N-ethyl adjacent to an activating group) is 1. The standard InChI is InChI=1S/C57H85N9O7/c1-14-43(49(58-15-2)40(7)72-13)51-45(44-34-42(62-28-18-17-19-29-62)23-24-47(44)65(51)16-3)35-56(8,9)37-73-55(71)46-22-20-32-66(60-46)53(69)39(6)59-52(68)50(38(4)5)61(12)54(70)41-26-33-63(36-41)48(67)25-27-57(10,11)64-30-21-31-64/h14-15,23-24,34,38-41,46,50,60H,1,16-22,26,28-33,35-37H2,2-13H3,(H,59,68)/b49-43+,58-15?/t39-,40-,41?,46-,50-/m0/s1. The maximum Gasteiger partial charge on any atom is 0.324 e. The number of nitrogens with one attached hydrogen (secondary N) is 2. The quantitative estimate of drug-likeness (QED) is 0.0679. The van der Waals surface area contributed by atoms with Gasteiger partial charge >= 0.3 is 5.97 Å². The molecule has 4 amide bonds. The molecule has 5 atom stereocenters. The van der Waals surface area contributed by atoms with Gasteiger partial charge in [-0.25, -0.2) is 5.43 Å². The molecule has 0 saturated carbocycles. The Hall–Kier alpha value is -5.50. The zero-order valence-corrected chi connectivity index (χ0v) is 46.1. The number of ether oxygens (including phenoxy) is 2. The molecular weight excluding hydrogens is 923 g/mol. The van der Waals surface area contributed by atoms with Crippen molar-refractivity contribution in [2.75, 3.05) is 71.5 Å². The number of hydrogen-bond donors (Lipinski definition) is 2. The Morgan fingerprint density at radius 2 is 1.68 bits per heavy atom. The third kappa shape index (κ3) is 13.2. The van der Waals surface area contributed by atoms with Gasteiger partial charge in [-0.3, -0.25) is 38.9 Å². The normalized spacial score (nSPS) is 20.5. The number of aromatic nitrogens is 1. The summed E-state index contributed by atoms with van der Waals surface area (Å²) >= 11 is 0. The van der Waals surface area contributed by atoms with Gasteiger partial charge in [0, 0.05) is 100 Å². The number of nitrogens with zero attached hydrogens (tertiary/aromatic N) is 7. The van der Waals surface area contributed by atoms with E-state index in [2.05, 4.69) is 82.5 Å². The van der Waals surface area contributed by atoms with E-state index < -0.39 is 52.8 Å². The number of hydrogen-bond acceptors (Lipinski definition) is 11. The number of esters is 1. The minimum absolute atomic E-state index is 0.124. The molecule has 400 valence electrons. The van der Waals surface area contributed by atoms with Crippen LogP contribution < -0.4 is 15.6 Å². The average molecular weight is 1010 g/mol. The number of fused-ring (bicyclic) bond motifs is 1. The van der Waals surface area contributed by atoms with Crippen molar-refractivity contribution in [3.8, 4) is 11.8 Å². The van der Waals surface area contributed by atoms with Gasteiger partial charge in [0.25, 0.3) is 11.8 Å². The van der Waals surface area contributed by atoms with Crippen molar-refractivity contribution in [3.63, 3.8) is 0 Å². The predicted molar refractivity (Wildman–Crippen MR) is 289 cm³/mol. The number of aliphatic imine (C=N–C) groups is 1. The maximum absolute atomic E-state index is 14.0. The minimum Gasteiger partial charge on any atom is -0.464 e. The van der Waals surface area contributed by atoms with Gasteiger partial charge < -0.3 is 34.1 Å². The molecule has 0 spiro atoms. The zero-order chi connectivity index (χ0) is 53.4. The number of carbonyl (C=O) groups excluding carboxylic acids is 5. The van der Waals surface area contributed by atoms with E-state index in [1.54, 1.807) is 32.2 Å². The molecule has 1 aromatic heterocycles. The highest BCUT2D eigenvalue weighted by Crippen LogP contribution is 2.40. The van der Waals surface area contributed by atoms with Crippen LogP contribution >= 0.6 is 0 Å². The van der Waals surface area contributed by atoms with Gasteiger partial charge in [-0.2, -0.15) is 0 Å². The summed E-state index contributed by atoms with van der Waals surface area (Å²) in [5.74, 6) is 3.33. The highest BCUT2D eigenvalue weighted by molar-refractivity contribution is 5.96. The monoisotopic (exact) mass is 1010 g/mol. The van der Waals surface area contributed by atoms with Crippen molar-refractivity contribution in [2.45, 2.75) is 157 Å². The molecule has 4 aliphatic rings. The molecule has 4 fully saturated rings. The van der Waals surface area contributed by atoms with Crippen LogP contribution in [0.1, 0.15) is 125 Å². The number of likely N-dealkylation sites (tertiary alicyclic amines) is 2. The number of rotatable bonds is 19. The lowest BCUT2D eigenvalue weighted by Gasteiger charge is -2.41. The summed E-state index contributed by atoms with van der Waals surface area (Å²) in [6, 6.07) is 4.18. The predicted octanol–water partition coefficient (Wildman–Crippen LogP) is 6.61. The summed E-state index contributed by atoms with van der Waals surface area (Å²) < 4.78 is 14.3. The van der Waals surface area contributed by atoms with Crippen LogP contribution in [0, 0.1) is 29.1 Å². The smallest absolute Gasteiger partial charge is 0.324 e. The third-order valence-electron chi connectivity index (χ3n) is 15.3. The molecule has 2 N–H and O–H groups in total. The van der Waals surface area contributed by atoms with Gasteiger partial charge in [0.15, 0.2) is 0 Å². The van der Waals surface area contributed by atoms with Crippen molar-refractivity contribution in [1.82, 2.24) is 35.0 Å². The van der Waals surface area contributed by atoms with E-state index in [0.717, 1.165) is 66.0 Å². The summed E-state index contributed by atoms with van der Waals surface area (Å²) in [5, 5.41) is 5.40. The summed E-state index contributed by atoms with van der Waals surface area (Å²) in [6.45, 7) is 29.7. The zero-order valence-electron chi connectivity index (χ0n) is 46.1. The Morgan fingerprint density at radius 1 is 0.973 bits per heavy atom. The van der Waals surface area contributed by atoms with Crippen LogP contribution in [-0.2, 0) is 46.4 Å². The number of amides is 4. The first-order valence-electron chi connectivity index (χ1n) is 26.8. The fourth-order valence-electron chi connectivity index (χ4n) is 10.9. The van der Waals surface area contributed by atoms with Crippen LogP contribution in [0.25, 0.3) is 16.5 Å². The van der Waals surface area contributed by atoms with E-state index in [4.69, 9.17) is 14.5 Å². The summed E-state index contributed by atoms with van der Waals surface area (Å²) in [6.07, 6.45) is 10.1. The number of carbonyl (C=O) groups is 5. The highest BCUT2D eigenvalue weighted by atomic mass is 16.5. The fourth-order valence-corrected chi connectivity index (χ4v) is 10.9. The Bertz CT molecular complexity index is 2470. The second kappa shape index (κ2) is 24.7. The SMILES string of the molecule is C=C/C(=C(\N=CC)[C@H](C)OC)c1c(CC(C)(C)COC(=O)[C@@H]2CCCN(C(=O)[C@H](C)NC(=O)[C@H](C(C)C)N(C)C(=O)C3CCN(C(=O)C#CC(C)(C)N4CCC4)C3)N2)c2cc(N3CCCCC3)ccc2n1CC. The van der Waals surface area contributed by atoms with Crippen molar-refractivity contribution < 1.29 is 33.4 Å². The van der Waals surface area contributed by atoms with E-state index in [1.165, 1.54) is 34.9 Å². The van der Waals surface area contributed by atoms with E-state index in [1.807, 2.05) is 47.6 Å². The lowest BCUT2D eigenvalue weighted by Crippen LogP contribution is -2.61. The second-order valence-electron chi connectivity index (χ2n) is 22.1. The van der Waals surface area contributed by atoms with E-state index in [0.29, 0.717) is 45.3 Å². The van der Waals surface area contributed by atoms with Crippen LogP contribution in [0.15, 0.2) is 41.5 Å². The average Bonchev–Trinajstić information content (AvgIpc) is 3.96. The van der Waals surface area contributed by atoms with Crippen LogP contribution in [0.3, 0.4) is 0 Å². The molecule has 1 aromatic carbocycles. The molecule has 4 saturated heterocycles. The molecule has 5 heterocycles. The van der Waals surface area contributed by atoms with Gasteiger partial charge in [0.05, 0.1) is 35.6 Å². The topological polar surface area (TPSA) is 161 Å².